The molecule has 2 aromatic rings. The van der Waals surface area contributed by atoms with Gasteiger partial charge in [-0.05, 0) is 51.0 Å². The van der Waals surface area contributed by atoms with E-state index in [-0.39, 0.29) is 12.6 Å². The Morgan fingerprint density at radius 3 is 2.54 bits per heavy atom. The molecule has 1 fully saturated rings. The first-order valence-electron chi connectivity index (χ1n) is 7.79. The Hall–Kier alpha value is -2.83. The molecule has 0 spiro atoms. The van der Waals surface area contributed by atoms with Crippen LogP contribution in [0, 0.1) is 13.8 Å². The molecular weight excluding hydrogens is 310 g/mol. The van der Waals surface area contributed by atoms with Crippen LogP contribution in [0.2, 0.25) is 0 Å². The first-order chi connectivity index (χ1) is 11.5. The van der Waals surface area contributed by atoms with E-state index in [9.17, 15) is 9.59 Å². The highest BCUT2D eigenvalue weighted by Crippen LogP contribution is 2.19. The minimum absolute atomic E-state index is 0.115. The highest BCUT2D eigenvalue weighted by Gasteiger charge is 2.23. The highest BCUT2D eigenvalue weighted by molar-refractivity contribution is 5.92. The minimum atomic E-state index is -0.441. The van der Waals surface area contributed by atoms with Crippen LogP contribution in [0.5, 0.6) is 0 Å². The van der Waals surface area contributed by atoms with Gasteiger partial charge in [0.05, 0.1) is 16.8 Å². The molecule has 0 saturated heterocycles. The van der Waals surface area contributed by atoms with Gasteiger partial charge in [-0.15, -0.1) is 0 Å². The van der Waals surface area contributed by atoms with Crippen molar-refractivity contribution < 1.29 is 18.8 Å². The van der Waals surface area contributed by atoms with Crippen LogP contribution < -0.4 is 10.6 Å². The Balaban J connectivity index is 1.54. The molecule has 3 rings (SSSR count). The molecule has 24 heavy (non-hydrogen) atoms. The van der Waals surface area contributed by atoms with Crippen LogP contribution in [0.3, 0.4) is 0 Å². The fraction of sp³-hybridized carbons (Fsp3) is 0.353. The Kier molecular flexibility index (Phi) is 4.50. The van der Waals surface area contributed by atoms with Gasteiger partial charge in [-0.3, -0.25) is 0 Å². The molecule has 1 aliphatic rings. The van der Waals surface area contributed by atoms with E-state index in [4.69, 9.17) is 9.26 Å². The molecule has 1 aromatic heterocycles. The van der Waals surface area contributed by atoms with E-state index < -0.39 is 5.97 Å². The normalized spacial score (nSPS) is 13.4. The van der Waals surface area contributed by atoms with Gasteiger partial charge in [-0.25, -0.2) is 9.59 Å². The number of rotatable bonds is 5. The molecule has 0 atom stereocenters. The van der Waals surface area contributed by atoms with Gasteiger partial charge in [0, 0.05) is 11.7 Å². The second-order valence-electron chi connectivity index (χ2n) is 5.83. The number of ether oxygens (including phenoxy) is 1. The van der Waals surface area contributed by atoms with Crippen molar-refractivity contribution in [3.63, 3.8) is 0 Å². The van der Waals surface area contributed by atoms with Crippen molar-refractivity contribution in [2.75, 3.05) is 5.32 Å². The quantitative estimate of drug-likeness (QED) is 0.823. The number of benzene rings is 1. The summed E-state index contributed by atoms with van der Waals surface area (Å²) in [6.07, 6.45) is 2.06. The van der Waals surface area contributed by atoms with Crippen molar-refractivity contribution in [1.82, 2.24) is 10.5 Å². The Labute approximate surface area is 139 Å². The Morgan fingerprint density at radius 1 is 1.25 bits per heavy atom. The number of carbonyl (C=O) groups excluding carboxylic acids is 2. The summed E-state index contributed by atoms with van der Waals surface area (Å²) in [5.74, 6) is 0.200. The predicted octanol–water partition coefficient (Wildman–Crippen LogP) is 2.93. The number of hydrogen-bond donors (Lipinski definition) is 2. The maximum absolute atomic E-state index is 12.1. The number of esters is 1. The fourth-order valence-electron chi connectivity index (χ4n) is 2.20. The molecule has 0 aliphatic heterocycles. The topological polar surface area (TPSA) is 93.5 Å². The van der Waals surface area contributed by atoms with Gasteiger partial charge in [0.25, 0.3) is 0 Å². The van der Waals surface area contributed by atoms with Crippen LogP contribution >= 0.6 is 0 Å². The third-order valence-electron chi connectivity index (χ3n) is 3.82. The monoisotopic (exact) mass is 329 g/mol. The highest BCUT2D eigenvalue weighted by atomic mass is 16.5. The smallest absolute Gasteiger partial charge is 0.338 e. The lowest BCUT2D eigenvalue weighted by atomic mass is 10.2. The number of aromatic nitrogens is 1. The summed E-state index contributed by atoms with van der Waals surface area (Å²) in [7, 11) is 0. The summed E-state index contributed by atoms with van der Waals surface area (Å²) in [6.45, 7) is 3.69. The summed E-state index contributed by atoms with van der Waals surface area (Å²) in [5, 5.41) is 9.37. The van der Waals surface area contributed by atoms with Gasteiger partial charge in [-0.2, -0.15) is 0 Å². The number of nitrogens with zero attached hydrogens (tertiary/aromatic N) is 1. The molecule has 1 heterocycles. The van der Waals surface area contributed by atoms with E-state index in [0.29, 0.717) is 28.7 Å². The standard InChI is InChI=1S/C17H19N3O4/c1-10-15(11(2)24-20-10)9-23-16(21)12-3-5-13(6-4-12)18-17(22)19-14-7-8-14/h3-6,14H,7-9H2,1-2H3,(H2,18,19,22). The average Bonchev–Trinajstić information content (AvgIpc) is 3.31. The number of carbonyl (C=O) groups is 2. The van der Waals surface area contributed by atoms with E-state index in [1.165, 1.54) is 0 Å². The van der Waals surface area contributed by atoms with E-state index in [2.05, 4.69) is 15.8 Å². The van der Waals surface area contributed by atoms with Gasteiger partial charge >= 0.3 is 12.0 Å². The summed E-state index contributed by atoms with van der Waals surface area (Å²) in [5.41, 5.74) is 2.52. The number of urea groups is 1. The van der Waals surface area contributed by atoms with Gasteiger partial charge in [0.2, 0.25) is 0 Å². The van der Waals surface area contributed by atoms with E-state index in [1.54, 1.807) is 38.1 Å². The molecular formula is C17H19N3O4. The van der Waals surface area contributed by atoms with Crippen molar-refractivity contribution >= 4 is 17.7 Å². The lowest BCUT2D eigenvalue weighted by Gasteiger charge is -2.08. The third-order valence-corrected chi connectivity index (χ3v) is 3.82. The second-order valence-corrected chi connectivity index (χ2v) is 5.83. The number of hydrogen-bond acceptors (Lipinski definition) is 5. The van der Waals surface area contributed by atoms with Crippen LogP contribution in [-0.4, -0.2) is 23.2 Å². The maximum Gasteiger partial charge on any atom is 0.338 e. The molecule has 2 N–H and O–H groups in total. The van der Waals surface area contributed by atoms with Crippen molar-refractivity contribution in [2.45, 2.75) is 39.3 Å². The third kappa shape index (κ3) is 3.92. The predicted molar refractivity (Wildman–Crippen MR) is 86.7 cm³/mol. The molecule has 126 valence electrons. The van der Waals surface area contributed by atoms with Gasteiger partial charge in [-0.1, -0.05) is 5.16 Å². The fourth-order valence-corrected chi connectivity index (χ4v) is 2.20. The van der Waals surface area contributed by atoms with E-state index >= 15 is 0 Å². The largest absolute Gasteiger partial charge is 0.457 e. The molecule has 2 amide bonds. The van der Waals surface area contributed by atoms with Gasteiger partial charge < -0.3 is 19.9 Å². The molecule has 1 aliphatic carbocycles. The van der Waals surface area contributed by atoms with E-state index in [1.807, 2.05) is 0 Å². The van der Waals surface area contributed by atoms with Crippen molar-refractivity contribution in [1.29, 1.82) is 0 Å². The molecule has 0 unspecified atom stereocenters. The zero-order valence-corrected chi connectivity index (χ0v) is 13.6. The van der Waals surface area contributed by atoms with Crippen molar-refractivity contribution in [3.05, 3.63) is 46.8 Å². The average molecular weight is 329 g/mol. The molecule has 0 bridgehead atoms. The number of aryl methyl sites for hydroxylation is 2. The molecule has 1 saturated carbocycles. The van der Waals surface area contributed by atoms with Crippen molar-refractivity contribution in [3.8, 4) is 0 Å². The number of nitrogens with one attached hydrogen (secondary N) is 2. The lowest BCUT2D eigenvalue weighted by Crippen LogP contribution is -2.30. The number of amides is 2. The molecule has 7 nitrogen and oxygen atoms in total. The molecule has 7 heteroatoms. The number of anilines is 1. The maximum atomic E-state index is 12.1. The molecule has 1 aromatic carbocycles. The van der Waals surface area contributed by atoms with E-state index in [0.717, 1.165) is 18.4 Å². The SMILES string of the molecule is Cc1noc(C)c1COC(=O)c1ccc(NC(=O)NC2CC2)cc1. The lowest BCUT2D eigenvalue weighted by molar-refractivity contribution is 0.0471. The Bertz CT molecular complexity index is 728. The van der Waals surface area contributed by atoms with Gasteiger partial charge in [0.1, 0.15) is 12.4 Å². The van der Waals surface area contributed by atoms with Crippen LogP contribution in [-0.2, 0) is 11.3 Å². The van der Waals surface area contributed by atoms with Crippen molar-refractivity contribution in [2.24, 2.45) is 0 Å². The first-order valence-corrected chi connectivity index (χ1v) is 7.79. The first kappa shape index (κ1) is 16.0. The van der Waals surface area contributed by atoms with Crippen LogP contribution in [0.25, 0.3) is 0 Å². The Morgan fingerprint density at radius 2 is 1.96 bits per heavy atom. The molecule has 0 radical (unpaired) electrons. The van der Waals surface area contributed by atoms with Crippen LogP contribution in [0.1, 0.15) is 40.2 Å². The zero-order chi connectivity index (χ0) is 17.1. The summed E-state index contributed by atoms with van der Waals surface area (Å²) in [4.78, 5) is 23.7. The van der Waals surface area contributed by atoms with Gasteiger partial charge in [0.15, 0.2) is 0 Å². The summed E-state index contributed by atoms with van der Waals surface area (Å²) < 4.78 is 10.3. The van der Waals surface area contributed by atoms with Crippen LogP contribution in [0.4, 0.5) is 10.5 Å². The summed E-state index contributed by atoms with van der Waals surface area (Å²) in [6, 6.07) is 6.62. The minimum Gasteiger partial charge on any atom is -0.457 e. The zero-order valence-electron chi connectivity index (χ0n) is 13.6. The second kappa shape index (κ2) is 6.74. The van der Waals surface area contributed by atoms with Crippen LogP contribution in [0.15, 0.2) is 28.8 Å². The summed E-state index contributed by atoms with van der Waals surface area (Å²) >= 11 is 0.